The molecule has 1 aliphatic heterocycles. The second kappa shape index (κ2) is 2.42. The zero-order valence-electron chi connectivity index (χ0n) is 7.19. The van der Waals surface area contributed by atoms with Gasteiger partial charge in [-0.2, -0.15) is 5.10 Å². The molecule has 4 nitrogen and oxygen atoms in total. The van der Waals surface area contributed by atoms with Crippen LogP contribution in [0.1, 0.15) is 40.6 Å². The van der Waals surface area contributed by atoms with Gasteiger partial charge in [0.15, 0.2) is 6.29 Å². The monoisotopic (exact) mass is 178 g/mol. The smallest absolute Gasteiger partial charge is 0.170 e. The Morgan fingerprint density at radius 2 is 2.31 bits per heavy atom. The van der Waals surface area contributed by atoms with Crippen molar-refractivity contribution in [3.63, 3.8) is 0 Å². The molecule has 0 saturated heterocycles. The summed E-state index contributed by atoms with van der Waals surface area (Å²) in [7, 11) is 0. The Morgan fingerprint density at radius 3 is 3.00 bits per heavy atom. The third kappa shape index (κ3) is 0.951. The van der Waals surface area contributed by atoms with Gasteiger partial charge in [-0.05, 0) is 12.8 Å². The SMILES string of the molecule is O=Cc1nn(C2CC2)c2c1COC2. The van der Waals surface area contributed by atoms with Gasteiger partial charge in [-0.1, -0.05) is 0 Å². The van der Waals surface area contributed by atoms with Crippen molar-refractivity contribution in [2.45, 2.75) is 32.1 Å². The number of hydrogen-bond acceptors (Lipinski definition) is 3. The van der Waals surface area contributed by atoms with Crippen molar-refractivity contribution in [3.05, 3.63) is 17.0 Å². The molecule has 0 amide bonds. The molecule has 0 atom stereocenters. The Morgan fingerprint density at radius 1 is 1.46 bits per heavy atom. The summed E-state index contributed by atoms with van der Waals surface area (Å²) in [6.07, 6.45) is 3.20. The minimum Gasteiger partial charge on any atom is -0.370 e. The number of aromatic nitrogens is 2. The van der Waals surface area contributed by atoms with Crippen LogP contribution in [0.5, 0.6) is 0 Å². The van der Waals surface area contributed by atoms with E-state index in [-0.39, 0.29) is 0 Å². The summed E-state index contributed by atoms with van der Waals surface area (Å²) < 4.78 is 7.27. The summed E-state index contributed by atoms with van der Waals surface area (Å²) in [5.74, 6) is 0. The maximum absolute atomic E-state index is 10.7. The van der Waals surface area contributed by atoms with Crippen molar-refractivity contribution < 1.29 is 9.53 Å². The first-order valence-corrected chi connectivity index (χ1v) is 4.53. The maximum Gasteiger partial charge on any atom is 0.170 e. The number of aldehydes is 1. The van der Waals surface area contributed by atoms with Gasteiger partial charge in [0.1, 0.15) is 5.69 Å². The zero-order valence-corrected chi connectivity index (χ0v) is 7.19. The summed E-state index contributed by atoms with van der Waals surface area (Å²) in [5, 5.41) is 4.28. The average molecular weight is 178 g/mol. The van der Waals surface area contributed by atoms with E-state index in [1.54, 1.807) is 0 Å². The van der Waals surface area contributed by atoms with E-state index in [2.05, 4.69) is 5.10 Å². The average Bonchev–Trinajstić information content (AvgIpc) is 2.77. The van der Waals surface area contributed by atoms with Crippen LogP contribution in [-0.4, -0.2) is 16.1 Å². The van der Waals surface area contributed by atoms with Gasteiger partial charge in [0.05, 0.1) is 24.9 Å². The Hall–Kier alpha value is -1.16. The summed E-state index contributed by atoms with van der Waals surface area (Å²) >= 11 is 0. The van der Waals surface area contributed by atoms with Crippen molar-refractivity contribution in [1.82, 2.24) is 9.78 Å². The number of nitrogens with zero attached hydrogens (tertiary/aromatic N) is 2. The fourth-order valence-electron chi connectivity index (χ4n) is 1.80. The van der Waals surface area contributed by atoms with Gasteiger partial charge in [0.2, 0.25) is 0 Å². The molecule has 1 aromatic rings. The van der Waals surface area contributed by atoms with Crippen LogP contribution in [0.3, 0.4) is 0 Å². The Bertz CT molecular complexity index is 366. The van der Waals surface area contributed by atoms with Gasteiger partial charge in [0.25, 0.3) is 0 Å². The molecule has 1 saturated carbocycles. The Kier molecular flexibility index (Phi) is 1.35. The Balaban J connectivity index is 2.14. The van der Waals surface area contributed by atoms with Crippen LogP contribution in [-0.2, 0) is 18.0 Å². The van der Waals surface area contributed by atoms with Crippen LogP contribution in [0.4, 0.5) is 0 Å². The number of hydrogen-bond donors (Lipinski definition) is 0. The molecule has 2 aliphatic rings. The van der Waals surface area contributed by atoms with E-state index in [1.807, 2.05) is 4.68 Å². The predicted molar refractivity (Wildman–Crippen MR) is 44.4 cm³/mol. The highest BCUT2D eigenvalue weighted by atomic mass is 16.5. The molecule has 0 spiro atoms. The lowest BCUT2D eigenvalue weighted by molar-refractivity contribution is 0.110. The molecule has 0 bridgehead atoms. The van der Waals surface area contributed by atoms with E-state index >= 15 is 0 Å². The molecule has 68 valence electrons. The van der Waals surface area contributed by atoms with Gasteiger partial charge >= 0.3 is 0 Å². The predicted octanol–water partition coefficient (Wildman–Crippen LogP) is 1.06. The summed E-state index contributed by atoms with van der Waals surface area (Å²) in [6.45, 7) is 1.17. The maximum atomic E-state index is 10.7. The lowest BCUT2D eigenvalue weighted by atomic mass is 10.2. The Labute approximate surface area is 75.5 Å². The quantitative estimate of drug-likeness (QED) is 0.636. The molecular weight excluding hydrogens is 168 g/mol. The molecule has 3 rings (SSSR count). The number of ether oxygens (including phenoxy) is 1. The summed E-state index contributed by atoms with van der Waals surface area (Å²) in [5.41, 5.74) is 2.69. The molecule has 1 fully saturated rings. The molecule has 2 heterocycles. The zero-order chi connectivity index (χ0) is 8.84. The third-order valence-corrected chi connectivity index (χ3v) is 2.64. The highest BCUT2D eigenvalue weighted by Gasteiger charge is 2.31. The standard InChI is InChI=1S/C9H10N2O2/c12-3-8-7-4-13-5-9(7)11(10-8)6-1-2-6/h3,6H,1-2,4-5H2. The van der Waals surface area contributed by atoms with E-state index in [0.717, 1.165) is 17.5 Å². The van der Waals surface area contributed by atoms with E-state index in [0.29, 0.717) is 24.9 Å². The van der Waals surface area contributed by atoms with Gasteiger partial charge < -0.3 is 4.74 Å². The normalized spacial score (nSPS) is 20.3. The van der Waals surface area contributed by atoms with Crippen LogP contribution in [0.2, 0.25) is 0 Å². The molecule has 1 aliphatic carbocycles. The lowest BCUT2D eigenvalue weighted by Gasteiger charge is -2.00. The van der Waals surface area contributed by atoms with Crippen molar-refractivity contribution in [2.24, 2.45) is 0 Å². The van der Waals surface area contributed by atoms with E-state index < -0.39 is 0 Å². The summed E-state index contributed by atoms with van der Waals surface area (Å²) in [4.78, 5) is 10.7. The van der Waals surface area contributed by atoms with Crippen molar-refractivity contribution >= 4 is 6.29 Å². The molecule has 0 radical (unpaired) electrons. The minimum absolute atomic E-state index is 0.532. The van der Waals surface area contributed by atoms with Gasteiger partial charge in [-0.25, -0.2) is 0 Å². The van der Waals surface area contributed by atoms with E-state index in [9.17, 15) is 4.79 Å². The van der Waals surface area contributed by atoms with Crippen LogP contribution < -0.4 is 0 Å². The van der Waals surface area contributed by atoms with Crippen LogP contribution in [0.15, 0.2) is 0 Å². The van der Waals surface area contributed by atoms with Gasteiger partial charge in [-0.3, -0.25) is 9.48 Å². The largest absolute Gasteiger partial charge is 0.370 e. The molecule has 0 unspecified atom stereocenters. The molecule has 0 aromatic carbocycles. The fourth-order valence-corrected chi connectivity index (χ4v) is 1.80. The van der Waals surface area contributed by atoms with Crippen molar-refractivity contribution in [3.8, 4) is 0 Å². The minimum atomic E-state index is 0.532. The van der Waals surface area contributed by atoms with Gasteiger partial charge in [0, 0.05) is 5.56 Å². The van der Waals surface area contributed by atoms with Gasteiger partial charge in [-0.15, -0.1) is 0 Å². The van der Waals surface area contributed by atoms with Crippen LogP contribution in [0, 0.1) is 0 Å². The van der Waals surface area contributed by atoms with E-state index in [1.165, 1.54) is 12.8 Å². The van der Waals surface area contributed by atoms with Crippen molar-refractivity contribution in [2.75, 3.05) is 0 Å². The molecular formula is C9H10N2O2. The van der Waals surface area contributed by atoms with Crippen LogP contribution in [0.25, 0.3) is 0 Å². The van der Waals surface area contributed by atoms with Crippen LogP contribution >= 0.6 is 0 Å². The molecule has 4 heteroatoms. The second-order valence-corrected chi connectivity index (χ2v) is 3.60. The number of fused-ring (bicyclic) bond motifs is 1. The number of carbonyl (C=O) groups is 1. The second-order valence-electron chi connectivity index (χ2n) is 3.60. The molecule has 1 aromatic heterocycles. The summed E-state index contributed by atoms with van der Waals surface area (Å²) in [6, 6.07) is 0.532. The first-order valence-electron chi connectivity index (χ1n) is 4.53. The van der Waals surface area contributed by atoms with E-state index in [4.69, 9.17) is 4.74 Å². The first kappa shape index (κ1) is 7.26. The number of rotatable bonds is 2. The fraction of sp³-hybridized carbons (Fsp3) is 0.556. The first-order chi connectivity index (χ1) is 6.40. The van der Waals surface area contributed by atoms with Crippen molar-refractivity contribution in [1.29, 1.82) is 0 Å². The third-order valence-electron chi connectivity index (χ3n) is 2.64. The topological polar surface area (TPSA) is 44.1 Å². The lowest BCUT2D eigenvalue weighted by Crippen LogP contribution is -2.01. The highest BCUT2D eigenvalue weighted by molar-refractivity contribution is 5.74. The highest BCUT2D eigenvalue weighted by Crippen LogP contribution is 2.38. The molecule has 13 heavy (non-hydrogen) atoms. The number of carbonyl (C=O) groups excluding carboxylic acids is 1. The molecule has 0 N–H and O–H groups in total.